The molecule has 180 valence electrons. The SMILES string of the molecule is CNc1nccc(-c2cccnc2Oc2cc(F)c(NS(=O)(=O)Cc3ccccc3)c(F)c2F)n1. The minimum Gasteiger partial charge on any atom is -0.435 e. The van der Waals surface area contributed by atoms with Gasteiger partial charge in [-0.25, -0.2) is 32.2 Å². The molecule has 8 nitrogen and oxygen atoms in total. The van der Waals surface area contributed by atoms with Crippen LogP contribution in [0.5, 0.6) is 11.6 Å². The van der Waals surface area contributed by atoms with Crippen LogP contribution in [0.25, 0.3) is 11.3 Å². The number of aromatic nitrogens is 3. The highest BCUT2D eigenvalue weighted by molar-refractivity contribution is 7.91. The van der Waals surface area contributed by atoms with Crippen LogP contribution in [0, 0.1) is 17.5 Å². The molecule has 0 aliphatic heterocycles. The highest BCUT2D eigenvalue weighted by Gasteiger charge is 2.25. The Bertz CT molecular complexity index is 1470. The van der Waals surface area contributed by atoms with Crippen LogP contribution in [-0.4, -0.2) is 30.4 Å². The molecule has 0 spiro atoms. The van der Waals surface area contributed by atoms with E-state index in [1.54, 1.807) is 48.2 Å². The number of halogens is 3. The molecule has 0 unspecified atom stereocenters. The van der Waals surface area contributed by atoms with Gasteiger partial charge >= 0.3 is 0 Å². The van der Waals surface area contributed by atoms with Gasteiger partial charge in [-0.1, -0.05) is 30.3 Å². The summed E-state index contributed by atoms with van der Waals surface area (Å²) in [6, 6.07) is 13.2. The minimum atomic E-state index is -4.24. The Kier molecular flexibility index (Phi) is 6.82. The molecule has 4 aromatic rings. The lowest BCUT2D eigenvalue weighted by Gasteiger charge is -2.14. The minimum absolute atomic E-state index is 0.177. The third-order valence-electron chi connectivity index (χ3n) is 4.72. The molecule has 0 radical (unpaired) electrons. The van der Waals surface area contributed by atoms with Crippen molar-refractivity contribution in [2.24, 2.45) is 0 Å². The van der Waals surface area contributed by atoms with Gasteiger partial charge in [0, 0.05) is 25.5 Å². The molecular formula is C23H18F3N5O3S. The fourth-order valence-corrected chi connectivity index (χ4v) is 4.33. The molecule has 2 aromatic heterocycles. The number of benzene rings is 2. The van der Waals surface area contributed by atoms with Gasteiger partial charge in [0.2, 0.25) is 27.7 Å². The quantitative estimate of drug-likeness (QED) is 0.336. The first-order chi connectivity index (χ1) is 16.8. The van der Waals surface area contributed by atoms with Gasteiger partial charge in [-0.05, 0) is 23.8 Å². The summed E-state index contributed by atoms with van der Waals surface area (Å²) in [5.74, 6) is -5.98. The zero-order valence-corrected chi connectivity index (χ0v) is 19.0. The number of nitrogens with one attached hydrogen (secondary N) is 2. The molecule has 35 heavy (non-hydrogen) atoms. The van der Waals surface area contributed by atoms with E-state index < -0.39 is 44.7 Å². The van der Waals surface area contributed by atoms with Crippen molar-refractivity contribution in [1.29, 1.82) is 0 Å². The van der Waals surface area contributed by atoms with Crippen LogP contribution in [-0.2, 0) is 15.8 Å². The zero-order chi connectivity index (χ0) is 25.0. The standard InChI is InChI=1S/C23H18F3N5O3S/c1-27-23-29-11-9-17(30-23)15-8-5-10-28-22(15)34-18-12-16(24)21(20(26)19(18)25)31-35(32,33)13-14-6-3-2-4-7-14/h2-12,31H,13H2,1H3,(H,27,29,30). The summed E-state index contributed by atoms with van der Waals surface area (Å²) >= 11 is 0. The first-order valence-corrected chi connectivity index (χ1v) is 11.8. The van der Waals surface area contributed by atoms with Gasteiger partial charge in [0.15, 0.2) is 17.4 Å². The van der Waals surface area contributed by atoms with E-state index in [0.717, 1.165) is 0 Å². The van der Waals surface area contributed by atoms with Crippen molar-refractivity contribution in [3.05, 3.63) is 90.0 Å². The smallest absolute Gasteiger partial charge is 0.237 e. The van der Waals surface area contributed by atoms with E-state index in [9.17, 15) is 21.6 Å². The average Bonchev–Trinajstić information content (AvgIpc) is 2.86. The Hall–Kier alpha value is -4.19. The van der Waals surface area contributed by atoms with Crippen LogP contribution in [0.2, 0.25) is 0 Å². The number of nitrogens with zero attached hydrogens (tertiary/aromatic N) is 3. The number of sulfonamides is 1. The summed E-state index contributed by atoms with van der Waals surface area (Å²) in [4.78, 5) is 12.3. The molecular weight excluding hydrogens is 483 g/mol. The topological polar surface area (TPSA) is 106 Å². The van der Waals surface area contributed by atoms with Crippen molar-refractivity contribution in [3.63, 3.8) is 0 Å². The van der Waals surface area contributed by atoms with E-state index >= 15 is 0 Å². The zero-order valence-electron chi connectivity index (χ0n) is 18.2. The highest BCUT2D eigenvalue weighted by Crippen LogP contribution is 2.35. The van der Waals surface area contributed by atoms with Gasteiger partial charge in [0.1, 0.15) is 5.69 Å². The van der Waals surface area contributed by atoms with Crippen LogP contribution in [0.1, 0.15) is 5.56 Å². The Balaban J connectivity index is 1.64. The fraction of sp³-hybridized carbons (Fsp3) is 0.0870. The van der Waals surface area contributed by atoms with Crippen molar-refractivity contribution in [2.75, 3.05) is 17.1 Å². The van der Waals surface area contributed by atoms with Crippen molar-refractivity contribution in [2.45, 2.75) is 5.75 Å². The summed E-state index contributed by atoms with van der Waals surface area (Å²) in [7, 11) is -2.62. The molecule has 0 bridgehead atoms. The second-order valence-corrected chi connectivity index (χ2v) is 8.90. The maximum absolute atomic E-state index is 14.8. The van der Waals surface area contributed by atoms with E-state index in [1.807, 2.05) is 0 Å². The molecule has 4 rings (SSSR count). The predicted octanol–water partition coefficient (Wildman–Crippen LogP) is 4.73. The highest BCUT2D eigenvalue weighted by atomic mass is 32.2. The fourth-order valence-electron chi connectivity index (χ4n) is 3.13. The second kappa shape index (κ2) is 9.97. The van der Waals surface area contributed by atoms with Crippen molar-refractivity contribution in [1.82, 2.24) is 15.0 Å². The van der Waals surface area contributed by atoms with Gasteiger partial charge in [0.05, 0.1) is 17.0 Å². The van der Waals surface area contributed by atoms with Gasteiger partial charge in [-0.2, -0.15) is 4.39 Å². The average molecular weight is 501 g/mol. The maximum Gasteiger partial charge on any atom is 0.237 e. The van der Waals surface area contributed by atoms with Gasteiger partial charge < -0.3 is 10.1 Å². The van der Waals surface area contributed by atoms with E-state index in [0.29, 0.717) is 28.8 Å². The van der Waals surface area contributed by atoms with Gasteiger partial charge in [-0.15, -0.1) is 0 Å². The molecule has 12 heteroatoms. The summed E-state index contributed by atoms with van der Waals surface area (Å²) in [5.41, 5.74) is -0.102. The molecule has 0 amide bonds. The first-order valence-electron chi connectivity index (χ1n) is 10.1. The molecule has 0 aliphatic rings. The second-order valence-electron chi connectivity index (χ2n) is 7.18. The van der Waals surface area contributed by atoms with E-state index in [1.165, 1.54) is 24.5 Å². The summed E-state index contributed by atoms with van der Waals surface area (Å²) in [6.45, 7) is 0. The monoisotopic (exact) mass is 501 g/mol. The Morgan fingerprint density at radius 1 is 0.943 bits per heavy atom. The molecule has 2 N–H and O–H groups in total. The van der Waals surface area contributed by atoms with Crippen LogP contribution in [0.4, 0.5) is 24.8 Å². The molecule has 0 saturated heterocycles. The number of hydrogen-bond acceptors (Lipinski definition) is 7. The van der Waals surface area contributed by atoms with Crippen molar-refractivity contribution in [3.8, 4) is 22.9 Å². The Morgan fingerprint density at radius 2 is 1.71 bits per heavy atom. The number of hydrogen-bond donors (Lipinski definition) is 2. The maximum atomic E-state index is 14.8. The van der Waals surface area contributed by atoms with Crippen LogP contribution >= 0.6 is 0 Å². The summed E-state index contributed by atoms with van der Waals surface area (Å²) in [5, 5.41) is 2.77. The van der Waals surface area contributed by atoms with E-state index in [4.69, 9.17) is 4.74 Å². The normalized spacial score (nSPS) is 11.2. The first kappa shape index (κ1) is 24.0. The Labute approximate surface area is 198 Å². The lowest BCUT2D eigenvalue weighted by atomic mass is 10.2. The lowest BCUT2D eigenvalue weighted by Crippen LogP contribution is -2.17. The van der Waals surface area contributed by atoms with Crippen LogP contribution < -0.4 is 14.8 Å². The summed E-state index contributed by atoms with van der Waals surface area (Å²) in [6.07, 6.45) is 2.82. The third-order valence-corrected chi connectivity index (χ3v) is 5.94. The van der Waals surface area contributed by atoms with Crippen molar-refractivity contribution >= 4 is 21.7 Å². The lowest BCUT2D eigenvalue weighted by molar-refractivity contribution is 0.401. The number of anilines is 2. The predicted molar refractivity (Wildman–Crippen MR) is 124 cm³/mol. The molecule has 0 aliphatic carbocycles. The Morgan fingerprint density at radius 3 is 2.46 bits per heavy atom. The van der Waals surface area contributed by atoms with Crippen LogP contribution in [0.15, 0.2) is 67.0 Å². The molecule has 2 heterocycles. The number of pyridine rings is 1. The van der Waals surface area contributed by atoms with Crippen molar-refractivity contribution < 1.29 is 26.3 Å². The van der Waals surface area contributed by atoms with E-state index in [-0.39, 0.29) is 5.88 Å². The third kappa shape index (κ3) is 5.49. The molecule has 0 fully saturated rings. The molecule has 2 aromatic carbocycles. The molecule has 0 saturated carbocycles. The van der Waals surface area contributed by atoms with Crippen LogP contribution in [0.3, 0.4) is 0 Å². The largest absolute Gasteiger partial charge is 0.435 e. The number of ether oxygens (including phenoxy) is 1. The van der Waals surface area contributed by atoms with Gasteiger partial charge in [-0.3, -0.25) is 4.72 Å². The molecule has 0 atom stereocenters. The summed E-state index contributed by atoms with van der Waals surface area (Å²) < 4.78 is 76.2. The van der Waals surface area contributed by atoms with E-state index in [2.05, 4.69) is 20.3 Å². The number of rotatable bonds is 8. The van der Waals surface area contributed by atoms with Gasteiger partial charge in [0.25, 0.3) is 0 Å².